The van der Waals surface area contributed by atoms with Gasteiger partial charge in [-0.05, 0) is 24.1 Å². The Morgan fingerprint density at radius 1 is 1.33 bits per heavy atom. The molecule has 1 heterocycles. The third-order valence-electron chi connectivity index (χ3n) is 2.65. The molecule has 1 N–H and O–H groups in total. The largest absolute Gasteiger partial charge is 0.416 e. The van der Waals surface area contributed by atoms with Gasteiger partial charge in [0.05, 0.1) is 16.6 Å². The van der Waals surface area contributed by atoms with Crippen LogP contribution in [0.25, 0.3) is 11.0 Å². The molecule has 1 aromatic heterocycles. The molecular formula is C12H13F3N2O. The summed E-state index contributed by atoms with van der Waals surface area (Å²) in [6, 6.07) is 3.27. The van der Waals surface area contributed by atoms with Crippen molar-refractivity contribution in [2.24, 2.45) is 5.92 Å². The lowest BCUT2D eigenvalue weighted by Gasteiger charge is -2.09. The fraction of sp³-hybridized carbons (Fsp3) is 0.417. The average molecular weight is 258 g/mol. The SMILES string of the molecule is CC(C)Cn1c(=O)[nH]c2ccc(C(F)(F)F)cc21. The van der Waals surface area contributed by atoms with Crippen LogP contribution in [0.5, 0.6) is 0 Å². The third-order valence-corrected chi connectivity index (χ3v) is 2.65. The number of alkyl halides is 3. The van der Waals surface area contributed by atoms with Crippen molar-refractivity contribution < 1.29 is 13.2 Å². The quantitative estimate of drug-likeness (QED) is 0.883. The number of H-pyrrole nitrogens is 1. The Kier molecular flexibility index (Phi) is 2.96. The highest BCUT2D eigenvalue weighted by atomic mass is 19.4. The van der Waals surface area contributed by atoms with E-state index in [-0.39, 0.29) is 11.6 Å². The number of nitrogens with one attached hydrogen (secondary N) is 1. The Morgan fingerprint density at radius 2 is 2.00 bits per heavy atom. The van der Waals surface area contributed by atoms with Crippen molar-refractivity contribution in [2.75, 3.05) is 0 Å². The Bertz CT molecular complexity index is 622. The van der Waals surface area contributed by atoms with Crippen LogP contribution < -0.4 is 5.69 Å². The van der Waals surface area contributed by atoms with E-state index in [1.165, 1.54) is 10.6 Å². The number of nitrogens with zero attached hydrogens (tertiary/aromatic N) is 1. The summed E-state index contributed by atoms with van der Waals surface area (Å²) in [4.78, 5) is 14.2. The topological polar surface area (TPSA) is 37.8 Å². The number of hydrogen-bond acceptors (Lipinski definition) is 1. The first-order chi connectivity index (χ1) is 8.29. The van der Waals surface area contributed by atoms with E-state index in [2.05, 4.69) is 4.98 Å². The van der Waals surface area contributed by atoms with Gasteiger partial charge in [0.15, 0.2) is 0 Å². The average Bonchev–Trinajstić information content (AvgIpc) is 2.53. The van der Waals surface area contributed by atoms with Crippen LogP contribution in [-0.4, -0.2) is 9.55 Å². The lowest BCUT2D eigenvalue weighted by atomic mass is 10.2. The number of aromatic amines is 1. The fourth-order valence-corrected chi connectivity index (χ4v) is 1.88. The number of fused-ring (bicyclic) bond motifs is 1. The highest BCUT2D eigenvalue weighted by molar-refractivity contribution is 5.76. The van der Waals surface area contributed by atoms with Crippen LogP contribution in [0, 0.1) is 5.92 Å². The van der Waals surface area contributed by atoms with E-state index in [9.17, 15) is 18.0 Å². The van der Waals surface area contributed by atoms with Crippen molar-refractivity contribution in [3.05, 3.63) is 34.2 Å². The van der Waals surface area contributed by atoms with Crippen molar-refractivity contribution in [3.63, 3.8) is 0 Å². The number of benzene rings is 1. The van der Waals surface area contributed by atoms with E-state index in [0.717, 1.165) is 12.1 Å². The molecule has 0 fully saturated rings. The van der Waals surface area contributed by atoms with Crippen LogP contribution in [0.4, 0.5) is 13.2 Å². The van der Waals surface area contributed by atoms with Gasteiger partial charge in [-0.25, -0.2) is 4.79 Å². The maximum absolute atomic E-state index is 12.6. The zero-order valence-electron chi connectivity index (χ0n) is 10.0. The van der Waals surface area contributed by atoms with Gasteiger partial charge in [0, 0.05) is 6.54 Å². The molecule has 0 spiro atoms. The van der Waals surface area contributed by atoms with Crippen molar-refractivity contribution in [1.29, 1.82) is 0 Å². The minimum Gasteiger partial charge on any atom is -0.306 e. The van der Waals surface area contributed by atoms with E-state index in [0.29, 0.717) is 17.6 Å². The van der Waals surface area contributed by atoms with Gasteiger partial charge < -0.3 is 4.98 Å². The molecule has 0 unspecified atom stereocenters. The van der Waals surface area contributed by atoms with E-state index in [1.54, 1.807) is 0 Å². The van der Waals surface area contributed by atoms with Crippen LogP contribution in [-0.2, 0) is 12.7 Å². The number of aromatic nitrogens is 2. The summed E-state index contributed by atoms with van der Waals surface area (Å²) < 4.78 is 39.2. The summed E-state index contributed by atoms with van der Waals surface area (Å²) in [5, 5.41) is 0. The molecular weight excluding hydrogens is 245 g/mol. The molecule has 0 amide bonds. The van der Waals surface area contributed by atoms with Crippen molar-refractivity contribution >= 4 is 11.0 Å². The molecule has 2 aromatic rings. The Hall–Kier alpha value is -1.72. The molecule has 0 saturated heterocycles. The van der Waals surface area contributed by atoms with Gasteiger partial charge in [-0.1, -0.05) is 13.8 Å². The number of halogens is 3. The monoisotopic (exact) mass is 258 g/mol. The molecule has 98 valence electrons. The molecule has 0 atom stereocenters. The van der Waals surface area contributed by atoms with Crippen LogP contribution in [0.2, 0.25) is 0 Å². The first-order valence-corrected chi connectivity index (χ1v) is 5.59. The first kappa shape index (κ1) is 12.7. The highest BCUT2D eigenvalue weighted by Gasteiger charge is 2.31. The van der Waals surface area contributed by atoms with Crippen molar-refractivity contribution in [1.82, 2.24) is 9.55 Å². The summed E-state index contributed by atoms with van der Waals surface area (Å²) in [5.74, 6) is 0.177. The van der Waals surface area contributed by atoms with Crippen LogP contribution in [0.1, 0.15) is 19.4 Å². The summed E-state index contributed by atoms with van der Waals surface area (Å²) in [5.41, 5.74) is -0.401. The van der Waals surface area contributed by atoms with E-state index >= 15 is 0 Å². The normalized spacial score (nSPS) is 12.6. The van der Waals surface area contributed by atoms with Gasteiger partial charge in [-0.2, -0.15) is 13.2 Å². The second-order valence-electron chi connectivity index (χ2n) is 4.66. The van der Waals surface area contributed by atoms with Gasteiger partial charge in [0.25, 0.3) is 0 Å². The summed E-state index contributed by atoms with van der Waals surface area (Å²) in [6.45, 7) is 4.19. The minimum absolute atomic E-state index is 0.177. The molecule has 2 rings (SSSR count). The van der Waals surface area contributed by atoms with E-state index in [1.807, 2.05) is 13.8 Å². The van der Waals surface area contributed by atoms with Gasteiger partial charge >= 0.3 is 11.9 Å². The molecule has 3 nitrogen and oxygen atoms in total. The summed E-state index contributed by atoms with van der Waals surface area (Å²) >= 11 is 0. The Labute approximate surface area is 101 Å². The maximum atomic E-state index is 12.6. The molecule has 0 bridgehead atoms. The zero-order valence-corrected chi connectivity index (χ0v) is 10.0. The predicted octanol–water partition coefficient (Wildman–Crippen LogP) is 3.00. The number of imidazole rings is 1. The Morgan fingerprint density at radius 3 is 2.56 bits per heavy atom. The van der Waals surface area contributed by atoms with Crippen LogP contribution >= 0.6 is 0 Å². The first-order valence-electron chi connectivity index (χ1n) is 5.59. The minimum atomic E-state index is -4.40. The van der Waals surface area contributed by atoms with Gasteiger partial charge in [0.1, 0.15) is 0 Å². The van der Waals surface area contributed by atoms with Crippen molar-refractivity contribution in [2.45, 2.75) is 26.6 Å². The lowest BCUT2D eigenvalue weighted by Crippen LogP contribution is -2.19. The van der Waals surface area contributed by atoms with Gasteiger partial charge in [-0.3, -0.25) is 4.57 Å². The zero-order chi connectivity index (χ0) is 13.5. The maximum Gasteiger partial charge on any atom is 0.416 e. The highest BCUT2D eigenvalue weighted by Crippen LogP contribution is 2.30. The fourth-order valence-electron chi connectivity index (χ4n) is 1.88. The predicted molar refractivity (Wildman–Crippen MR) is 62.4 cm³/mol. The third kappa shape index (κ3) is 2.27. The van der Waals surface area contributed by atoms with Crippen molar-refractivity contribution in [3.8, 4) is 0 Å². The Balaban J connectivity index is 2.63. The van der Waals surface area contributed by atoms with E-state index in [4.69, 9.17) is 0 Å². The van der Waals surface area contributed by atoms with Crippen LogP contribution in [0.15, 0.2) is 23.0 Å². The number of hydrogen-bond donors (Lipinski definition) is 1. The second kappa shape index (κ2) is 4.19. The molecule has 18 heavy (non-hydrogen) atoms. The van der Waals surface area contributed by atoms with Crippen LogP contribution in [0.3, 0.4) is 0 Å². The molecule has 0 saturated carbocycles. The molecule has 0 aliphatic rings. The summed E-state index contributed by atoms with van der Waals surface area (Å²) in [7, 11) is 0. The van der Waals surface area contributed by atoms with Gasteiger partial charge in [-0.15, -0.1) is 0 Å². The van der Waals surface area contributed by atoms with E-state index < -0.39 is 11.7 Å². The lowest BCUT2D eigenvalue weighted by molar-refractivity contribution is -0.137. The second-order valence-corrected chi connectivity index (χ2v) is 4.66. The number of rotatable bonds is 2. The molecule has 6 heteroatoms. The molecule has 0 aliphatic carbocycles. The molecule has 0 radical (unpaired) electrons. The molecule has 1 aromatic carbocycles. The summed E-state index contributed by atoms with van der Waals surface area (Å²) in [6.07, 6.45) is -4.40. The molecule has 0 aliphatic heterocycles. The standard InChI is InChI=1S/C12H13F3N2O/c1-7(2)6-17-10-5-8(12(13,14)15)3-4-9(10)16-11(17)18/h3-5,7H,6H2,1-2H3,(H,16,18). The smallest absolute Gasteiger partial charge is 0.306 e. The van der Waals surface area contributed by atoms with Gasteiger partial charge in [0.2, 0.25) is 0 Å².